The molecule has 0 heterocycles. The zero-order chi connectivity index (χ0) is 12.1. The number of alkyl halides is 1. The molecule has 1 fully saturated rings. The zero-order valence-corrected chi connectivity index (χ0v) is 12.4. The van der Waals surface area contributed by atoms with E-state index in [0.29, 0.717) is 0 Å². The molecule has 2 rings (SSSR count). The molecule has 0 nitrogen and oxygen atoms in total. The second kappa shape index (κ2) is 6.58. The summed E-state index contributed by atoms with van der Waals surface area (Å²) in [5.74, 6) is 1.78. The van der Waals surface area contributed by atoms with Gasteiger partial charge in [-0.15, -0.1) is 0 Å². The van der Waals surface area contributed by atoms with Crippen molar-refractivity contribution in [2.45, 2.75) is 45.4 Å². The Bertz CT molecular complexity index is 322. The lowest BCUT2D eigenvalue weighted by molar-refractivity contribution is 0.267. The molecule has 94 valence electrons. The Hall–Kier alpha value is -0.300. The van der Waals surface area contributed by atoms with E-state index in [9.17, 15) is 0 Å². The van der Waals surface area contributed by atoms with Crippen LogP contribution in [0.3, 0.4) is 0 Å². The van der Waals surface area contributed by atoms with Crippen LogP contribution in [0.5, 0.6) is 0 Å². The first kappa shape index (κ1) is 13.1. The van der Waals surface area contributed by atoms with E-state index in [1.54, 1.807) is 0 Å². The van der Waals surface area contributed by atoms with Gasteiger partial charge >= 0.3 is 0 Å². The summed E-state index contributed by atoms with van der Waals surface area (Å²) >= 11 is 3.72. The third-order valence-electron chi connectivity index (χ3n) is 4.13. The number of benzene rings is 1. The summed E-state index contributed by atoms with van der Waals surface area (Å²) in [6.45, 7) is 2.16. The summed E-state index contributed by atoms with van der Waals surface area (Å²) in [4.78, 5) is 0. The van der Waals surface area contributed by atoms with Crippen molar-refractivity contribution < 1.29 is 0 Å². The molecule has 1 heteroatoms. The highest BCUT2D eigenvalue weighted by Gasteiger charge is 2.22. The van der Waals surface area contributed by atoms with Gasteiger partial charge in [0.2, 0.25) is 0 Å². The Morgan fingerprint density at radius 2 is 1.76 bits per heavy atom. The molecule has 0 spiro atoms. The van der Waals surface area contributed by atoms with Crippen LogP contribution in [-0.4, -0.2) is 5.33 Å². The topological polar surface area (TPSA) is 0 Å². The Labute approximate surface area is 114 Å². The molecule has 1 saturated carbocycles. The molecule has 0 bridgehead atoms. The van der Waals surface area contributed by atoms with E-state index in [-0.39, 0.29) is 0 Å². The van der Waals surface area contributed by atoms with Gasteiger partial charge in [0.25, 0.3) is 0 Å². The summed E-state index contributed by atoms with van der Waals surface area (Å²) in [7, 11) is 0. The van der Waals surface area contributed by atoms with Crippen molar-refractivity contribution in [3.8, 4) is 0 Å². The number of rotatable bonds is 4. The lowest BCUT2D eigenvalue weighted by atomic mass is 9.78. The van der Waals surface area contributed by atoms with Gasteiger partial charge in [-0.25, -0.2) is 0 Å². The first-order valence-corrected chi connectivity index (χ1v) is 8.03. The van der Waals surface area contributed by atoms with Gasteiger partial charge in [0.05, 0.1) is 0 Å². The van der Waals surface area contributed by atoms with Crippen LogP contribution < -0.4 is 0 Å². The molecule has 1 aliphatic carbocycles. The highest BCUT2D eigenvalue weighted by molar-refractivity contribution is 9.09. The molecule has 1 unspecified atom stereocenters. The largest absolute Gasteiger partial charge is 0.0925 e. The van der Waals surface area contributed by atoms with E-state index in [2.05, 4.69) is 47.1 Å². The van der Waals surface area contributed by atoms with Gasteiger partial charge in [0.15, 0.2) is 0 Å². The van der Waals surface area contributed by atoms with Crippen molar-refractivity contribution in [2.24, 2.45) is 11.8 Å². The zero-order valence-electron chi connectivity index (χ0n) is 10.8. The van der Waals surface area contributed by atoms with Crippen LogP contribution in [0.25, 0.3) is 0 Å². The minimum absolute atomic E-state index is 0.831. The minimum atomic E-state index is 0.831. The molecular weight excluding hydrogens is 272 g/mol. The summed E-state index contributed by atoms with van der Waals surface area (Å²) < 4.78 is 0. The molecule has 0 aliphatic heterocycles. The average Bonchev–Trinajstić information content (AvgIpc) is 2.39. The third-order valence-corrected chi connectivity index (χ3v) is 4.96. The van der Waals surface area contributed by atoms with Crippen LogP contribution in [-0.2, 0) is 6.42 Å². The van der Waals surface area contributed by atoms with E-state index >= 15 is 0 Å². The van der Waals surface area contributed by atoms with Gasteiger partial charge in [-0.05, 0) is 30.7 Å². The maximum Gasteiger partial charge on any atom is 0.00654 e. The Kier molecular flexibility index (Phi) is 5.09. The van der Waals surface area contributed by atoms with Crippen LogP contribution >= 0.6 is 15.9 Å². The molecule has 1 atom stereocenters. The predicted molar refractivity (Wildman–Crippen MR) is 78.7 cm³/mol. The number of aryl methyl sites for hydroxylation is 1. The van der Waals surface area contributed by atoms with E-state index in [4.69, 9.17) is 0 Å². The van der Waals surface area contributed by atoms with Gasteiger partial charge in [-0.2, -0.15) is 0 Å². The first-order chi connectivity index (χ1) is 8.29. The lowest BCUT2D eigenvalue weighted by Gasteiger charge is -2.29. The molecule has 0 saturated heterocycles. The summed E-state index contributed by atoms with van der Waals surface area (Å²) in [5, 5.41) is 1.16. The van der Waals surface area contributed by atoms with Gasteiger partial charge in [0.1, 0.15) is 0 Å². The van der Waals surface area contributed by atoms with Crippen LogP contribution in [0.15, 0.2) is 24.3 Å². The Balaban J connectivity index is 1.96. The van der Waals surface area contributed by atoms with Crippen molar-refractivity contribution in [3.63, 3.8) is 0 Å². The fraction of sp³-hybridized carbons (Fsp3) is 0.625. The van der Waals surface area contributed by atoms with E-state index in [1.165, 1.54) is 49.7 Å². The second-order valence-corrected chi connectivity index (χ2v) is 6.15. The maximum absolute atomic E-state index is 3.72. The third kappa shape index (κ3) is 3.84. The molecular formula is C16H23Br. The van der Waals surface area contributed by atoms with Crippen molar-refractivity contribution in [3.05, 3.63) is 35.4 Å². The van der Waals surface area contributed by atoms with Gasteiger partial charge in [-0.3, -0.25) is 0 Å². The Morgan fingerprint density at radius 3 is 2.35 bits per heavy atom. The summed E-state index contributed by atoms with van der Waals surface area (Å²) in [6, 6.07) is 9.07. The van der Waals surface area contributed by atoms with E-state index in [1.807, 2.05) is 0 Å². The van der Waals surface area contributed by atoms with Gasteiger partial charge in [0, 0.05) is 5.33 Å². The predicted octanol–water partition coefficient (Wildman–Crippen LogP) is 5.13. The number of hydrogen-bond donors (Lipinski definition) is 0. The number of hydrogen-bond acceptors (Lipinski definition) is 0. The van der Waals surface area contributed by atoms with Crippen molar-refractivity contribution in [1.29, 1.82) is 0 Å². The van der Waals surface area contributed by atoms with Gasteiger partial charge < -0.3 is 0 Å². The second-order valence-electron chi connectivity index (χ2n) is 5.50. The molecule has 0 amide bonds. The van der Waals surface area contributed by atoms with Crippen LogP contribution in [0.1, 0.15) is 43.2 Å². The summed E-state index contributed by atoms with van der Waals surface area (Å²) in [6.07, 6.45) is 8.49. The molecule has 0 aromatic heterocycles. The Morgan fingerprint density at radius 1 is 1.12 bits per heavy atom. The van der Waals surface area contributed by atoms with Crippen LogP contribution in [0, 0.1) is 18.8 Å². The van der Waals surface area contributed by atoms with E-state index < -0.39 is 0 Å². The number of halogens is 1. The van der Waals surface area contributed by atoms with Gasteiger partial charge in [-0.1, -0.05) is 77.9 Å². The standard InChI is InChI=1S/C16H23Br/c1-13-7-9-14(10-8-13)11-16(12-17)15-5-3-2-4-6-15/h7-10,15-16H,2-6,11-12H2,1H3. The normalized spacial score (nSPS) is 19.2. The molecule has 1 aromatic carbocycles. The SMILES string of the molecule is Cc1ccc(CC(CBr)C2CCCCC2)cc1. The minimum Gasteiger partial charge on any atom is -0.0925 e. The molecule has 1 aliphatic rings. The van der Waals surface area contributed by atoms with Crippen LogP contribution in [0.2, 0.25) is 0 Å². The van der Waals surface area contributed by atoms with Crippen molar-refractivity contribution >= 4 is 15.9 Å². The highest BCUT2D eigenvalue weighted by atomic mass is 79.9. The first-order valence-electron chi connectivity index (χ1n) is 6.91. The fourth-order valence-electron chi connectivity index (χ4n) is 2.98. The maximum atomic E-state index is 3.72. The molecule has 0 radical (unpaired) electrons. The van der Waals surface area contributed by atoms with E-state index in [0.717, 1.165) is 17.2 Å². The smallest absolute Gasteiger partial charge is 0.00654 e. The lowest BCUT2D eigenvalue weighted by Crippen LogP contribution is -2.21. The fourth-order valence-corrected chi connectivity index (χ4v) is 3.74. The molecule has 1 aromatic rings. The quantitative estimate of drug-likeness (QED) is 0.676. The van der Waals surface area contributed by atoms with Crippen LogP contribution in [0.4, 0.5) is 0 Å². The molecule has 0 N–H and O–H groups in total. The van der Waals surface area contributed by atoms with Crippen molar-refractivity contribution in [1.82, 2.24) is 0 Å². The average molecular weight is 295 g/mol. The highest BCUT2D eigenvalue weighted by Crippen LogP contribution is 2.32. The monoisotopic (exact) mass is 294 g/mol. The summed E-state index contributed by atoms with van der Waals surface area (Å²) in [5.41, 5.74) is 2.87. The molecule has 17 heavy (non-hydrogen) atoms. The van der Waals surface area contributed by atoms with Crippen molar-refractivity contribution in [2.75, 3.05) is 5.33 Å².